The van der Waals surface area contributed by atoms with Gasteiger partial charge in [0, 0.05) is 5.69 Å². The molecule has 0 aromatic heterocycles. The van der Waals surface area contributed by atoms with Gasteiger partial charge in [-0.25, -0.2) is 0 Å². The average Bonchev–Trinajstić information content (AvgIpc) is 2.34. The Labute approximate surface area is 98.4 Å². The Balaban J connectivity index is 0.00000106. The van der Waals surface area contributed by atoms with Crippen LogP contribution in [0.1, 0.15) is 27.2 Å². The van der Waals surface area contributed by atoms with E-state index in [-0.39, 0.29) is 0 Å². The number of benzene rings is 1. The number of rotatable bonds is 4. The largest absolute Gasteiger partial charge is 0.458 e. The molecule has 0 aliphatic carbocycles. The molecule has 16 heavy (non-hydrogen) atoms. The molecule has 88 valence electrons. The lowest BCUT2D eigenvalue weighted by molar-refractivity contribution is 0.442. The summed E-state index contributed by atoms with van der Waals surface area (Å²) in [6.45, 7) is 9.73. The van der Waals surface area contributed by atoms with E-state index in [9.17, 15) is 0 Å². The summed E-state index contributed by atoms with van der Waals surface area (Å²) in [5, 5.41) is 0. The van der Waals surface area contributed by atoms with E-state index in [1.54, 1.807) is 6.08 Å². The Morgan fingerprint density at radius 3 is 2.31 bits per heavy atom. The third-order valence-electron chi connectivity index (χ3n) is 1.72. The first kappa shape index (κ1) is 14.3. The molecule has 2 N–H and O–H groups in total. The van der Waals surface area contributed by atoms with Crippen molar-refractivity contribution < 1.29 is 4.74 Å². The predicted octanol–water partition coefficient (Wildman–Crippen LogP) is 4.15. The molecule has 0 radical (unpaired) electrons. The molecule has 0 amide bonds. The molecule has 0 saturated heterocycles. The molecular formula is C14H21NO. The van der Waals surface area contributed by atoms with Crippen LogP contribution in [-0.2, 0) is 0 Å². The van der Waals surface area contributed by atoms with Gasteiger partial charge >= 0.3 is 0 Å². The second kappa shape index (κ2) is 8.60. The van der Waals surface area contributed by atoms with Crippen LogP contribution in [0, 0.1) is 0 Å². The Kier molecular flexibility index (Phi) is 7.68. The first-order chi connectivity index (χ1) is 7.76. The van der Waals surface area contributed by atoms with Crippen molar-refractivity contribution in [1.82, 2.24) is 0 Å². The number of hydrogen-bond donors (Lipinski definition) is 1. The highest BCUT2D eigenvalue weighted by molar-refractivity contribution is 5.42. The van der Waals surface area contributed by atoms with Crippen molar-refractivity contribution in [2.24, 2.45) is 0 Å². The third kappa shape index (κ3) is 5.25. The molecule has 0 atom stereocenters. The minimum Gasteiger partial charge on any atom is -0.458 e. The zero-order valence-corrected chi connectivity index (χ0v) is 10.4. The lowest BCUT2D eigenvalue weighted by Crippen LogP contribution is -1.92. The van der Waals surface area contributed by atoms with Gasteiger partial charge in [0.25, 0.3) is 0 Å². The zero-order chi connectivity index (χ0) is 12.4. The summed E-state index contributed by atoms with van der Waals surface area (Å²) in [5.41, 5.74) is 6.29. The molecule has 2 heteroatoms. The molecule has 0 saturated carbocycles. The average molecular weight is 219 g/mol. The number of nitrogen functional groups attached to an aromatic ring is 1. The topological polar surface area (TPSA) is 35.2 Å². The van der Waals surface area contributed by atoms with Gasteiger partial charge in [-0.15, -0.1) is 0 Å². The van der Waals surface area contributed by atoms with Crippen molar-refractivity contribution in [2.45, 2.75) is 27.2 Å². The molecule has 0 fully saturated rings. The first-order valence-corrected chi connectivity index (χ1v) is 5.62. The van der Waals surface area contributed by atoms with E-state index in [1.165, 1.54) is 0 Å². The van der Waals surface area contributed by atoms with Crippen LogP contribution in [-0.4, -0.2) is 0 Å². The van der Waals surface area contributed by atoms with Gasteiger partial charge in [-0.3, -0.25) is 0 Å². The van der Waals surface area contributed by atoms with Crippen LogP contribution in [0.5, 0.6) is 5.75 Å². The number of allylic oxidation sites excluding steroid dienone is 2. The van der Waals surface area contributed by atoms with E-state index in [0.717, 1.165) is 23.6 Å². The fourth-order valence-electron chi connectivity index (χ4n) is 1.04. The molecule has 0 aliphatic rings. The minimum atomic E-state index is 0.733. The van der Waals surface area contributed by atoms with E-state index in [2.05, 4.69) is 13.5 Å². The Bertz CT molecular complexity index is 325. The normalized spacial score (nSPS) is 10.1. The lowest BCUT2D eigenvalue weighted by atomic mass is 10.3. The summed E-state index contributed by atoms with van der Waals surface area (Å²) in [6, 6.07) is 7.29. The smallest absolute Gasteiger partial charge is 0.127 e. The fraction of sp³-hybridized carbons (Fsp3) is 0.286. The molecule has 2 nitrogen and oxygen atoms in total. The maximum atomic E-state index is 5.56. The van der Waals surface area contributed by atoms with Crippen molar-refractivity contribution in [3.63, 3.8) is 0 Å². The van der Waals surface area contributed by atoms with Crippen molar-refractivity contribution in [1.29, 1.82) is 0 Å². The van der Waals surface area contributed by atoms with Crippen LogP contribution in [0.3, 0.4) is 0 Å². The molecular weight excluding hydrogens is 198 g/mol. The number of ether oxygens (including phenoxy) is 1. The zero-order valence-electron chi connectivity index (χ0n) is 10.4. The fourth-order valence-corrected chi connectivity index (χ4v) is 1.04. The molecule has 0 spiro atoms. The van der Waals surface area contributed by atoms with Gasteiger partial charge in [-0.05, 0) is 42.8 Å². The van der Waals surface area contributed by atoms with E-state index in [4.69, 9.17) is 10.5 Å². The van der Waals surface area contributed by atoms with Crippen LogP contribution in [0.4, 0.5) is 5.69 Å². The lowest BCUT2D eigenvalue weighted by Gasteiger charge is -2.05. The Hall–Kier alpha value is -1.70. The predicted molar refractivity (Wildman–Crippen MR) is 71.4 cm³/mol. The van der Waals surface area contributed by atoms with Crippen molar-refractivity contribution in [3.05, 3.63) is 48.8 Å². The molecule has 1 aromatic rings. The third-order valence-corrected chi connectivity index (χ3v) is 1.72. The van der Waals surface area contributed by atoms with Crippen molar-refractivity contribution >= 4 is 5.69 Å². The Morgan fingerprint density at radius 2 is 1.88 bits per heavy atom. The van der Waals surface area contributed by atoms with Gasteiger partial charge in [0.2, 0.25) is 0 Å². The number of anilines is 1. The summed E-state index contributed by atoms with van der Waals surface area (Å²) < 4.78 is 5.55. The maximum absolute atomic E-state index is 5.56. The van der Waals surface area contributed by atoms with Gasteiger partial charge in [-0.2, -0.15) is 0 Å². The summed E-state index contributed by atoms with van der Waals surface area (Å²) in [5.74, 6) is 1.55. The molecule has 0 unspecified atom stereocenters. The van der Waals surface area contributed by atoms with Crippen LogP contribution < -0.4 is 10.5 Å². The van der Waals surface area contributed by atoms with E-state index in [0.29, 0.717) is 0 Å². The summed E-state index contributed by atoms with van der Waals surface area (Å²) in [7, 11) is 0. The van der Waals surface area contributed by atoms with E-state index in [1.807, 2.05) is 44.2 Å². The van der Waals surface area contributed by atoms with E-state index >= 15 is 0 Å². The number of nitrogens with two attached hydrogens (primary N) is 1. The Morgan fingerprint density at radius 1 is 1.31 bits per heavy atom. The van der Waals surface area contributed by atoms with Crippen LogP contribution in [0.25, 0.3) is 0 Å². The minimum absolute atomic E-state index is 0.733. The SMILES string of the molecule is C=C/C(=C\CC)Oc1ccc(N)cc1.CC. The van der Waals surface area contributed by atoms with Gasteiger partial charge < -0.3 is 10.5 Å². The highest BCUT2D eigenvalue weighted by Gasteiger charge is 1.95. The van der Waals surface area contributed by atoms with Crippen LogP contribution >= 0.6 is 0 Å². The molecule has 0 bridgehead atoms. The standard InChI is InChI=1S/C12H15NO.C2H6/c1-3-5-11(4-2)14-12-8-6-10(13)7-9-12;1-2/h4-9H,2-3,13H2,1H3;1-2H3/b11-5+;. The number of hydrogen-bond acceptors (Lipinski definition) is 2. The first-order valence-electron chi connectivity index (χ1n) is 5.62. The highest BCUT2D eigenvalue weighted by atomic mass is 16.5. The monoisotopic (exact) mass is 219 g/mol. The molecule has 1 rings (SSSR count). The summed E-state index contributed by atoms with van der Waals surface area (Å²) in [6.07, 6.45) is 4.60. The van der Waals surface area contributed by atoms with Crippen LogP contribution in [0.15, 0.2) is 48.8 Å². The van der Waals surface area contributed by atoms with Crippen molar-refractivity contribution in [3.8, 4) is 5.75 Å². The second-order valence-corrected chi connectivity index (χ2v) is 2.89. The highest BCUT2D eigenvalue weighted by Crippen LogP contribution is 2.16. The molecule has 1 aromatic carbocycles. The molecule has 0 heterocycles. The van der Waals surface area contributed by atoms with Crippen molar-refractivity contribution in [2.75, 3.05) is 5.73 Å². The van der Waals surface area contributed by atoms with Gasteiger partial charge in [-0.1, -0.05) is 27.4 Å². The van der Waals surface area contributed by atoms with Gasteiger partial charge in [0.05, 0.1) is 0 Å². The van der Waals surface area contributed by atoms with Gasteiger partial charge in [0.1, 0.15) is 11.5 Å². The second-order valence-electron chi connectivity index (χ2n) is 2.89. The molecule has 0 aliphatic heterocycles. The summed E-state index contributed by atoms with van der Waals surface area (Å²) in [4.78, 5) is 0. The van der Waals surface area contributed by atoms with Crippen LogP contribution in [0.2, 0.25) is 0 Å². The van der Waals surface area contributed by atoms with Gasteiger partial charge in [0.15, 0.2) is 0 Å². The summed E-state index contributed by atoms with van der Waals surface area (Å²) >= 11 is 0. The quantitative estimate of drug-likeness (QED) is 0.469. The van der Waals surface area contributed by atoms with E-state index < -0.39 is 0 Å². The maximum Gasteiger partial charge on any atom is 0.127 e.